The number of hydrogen-bond acceptors (Lipinski definition) is 4. The van der Waals surface area contributed by atoms with E-state index in [1.807, 2.05) is 6.92 Å². The Morgan fingerprint density at radius 2 is 2.06 bits per heavy atom. The van der Waals surface area contributed by atoms with E-state index in [4.69, 9.17) is 0 Å². The first-order valence-corrected chi connectivity index (χ1v) is 7.73. The maximum atomic E-state index is 11.7. The maximum absolute atomic E-state index is 11.7. The summed E-state index contributed by atoms with van der Waals surface area (Å²) in [4.78, 5) is 3.87. The van der Waals surface area contributed by atoms with Gasteiger partial charge in [-0.05, 0) is 30.5 Å². The van der Waals surface area contributed by atoms with E-state index in [1.54, 1.807) is 24.5 Å². The van der Waals surface area contributed by atoms with E-state index in [2.05, 4.69) is 9.71 Å². The largest absolute Gasteiger partial charge is 0.392 e. The molecule has 1 rings (SSSR count). The van der Waals surface area contributed by atoms with Crippen molar-refractivity contribution < 1.29 is 13.5 Å². The highest BCUT2D eigenvalue weighted by Gasteiger charge is 2.12. The van der Waals surface area contributed by atoms with Crippen molar-refractivity contribution in [1.29, 1.82) is 0 Å². The molecule has 0 aliphatic heterocycles. The Labute approximate surface area is 108 Å². The van der Waals surface area contributed by atoms with Crippen molar-refractivity contribution in [2.24, 2.45) is 0 Å². The summed E-state index contributed by atoms with van der Waals surface area (Å²) in [5.74, 6) is 0.0237. The molecule has 0 bridgehead atoms. The number of nitrogens with zero attached hydrogens (tertiary/aromatic N) is 1. The lowest BCUT2D eigenvalue weighted by molar-refractivity contribution is 0.167. The zero-order valence-electron chi connectivity index (χ0n) is 10.5. The van der Waals surface area contributed by atoms with Gasteiger partial charge in [0.2, 0.25) is 10.0 Å². The van der Waals surface area contributed by atoms with Gasteiger partial charge in [0.1, 0.15) is 0 Å². The van der Waals surface area contributed by atoms with E-state index in [0.717, 1.165) is 12.0 Å². The average molecular weight is 272 g/mol. The minimum absolute atomic E-state index is 0.0237. The summed E-state index contributed by atoms with van der Waals surface area (Å²) in [5, 5.41) is 9.46. The van der Waals surface area contributed by atoms with Crippen LogP contribution < -0.4 is 4.72 Å². The van der Waals surface area contributed by atoms with Crippen LogP contribution in [0.25, 0.3) is 0 Å². The second-order valence-corrected chi connectivity index (χ2v) is 6.14. The number of aliphatic hydroxyl groups is 1. The van der Waals surface area contributed by atoms with Crippen LogP contribution in [0, 0.1) is 0 Å². The van der Waals surface area contributed by atoms with Gasteiger partial charge >= 0.3 is 0 Å². The molecule has 0 fully saturated rings. The van der Waals surface area contributed by atoms with Crippen LogP contribution in [-0.2, 0) is 16.4 Å². The topological polar surface area (TPSA) is 79.3 Å². The van der Waals surface area contributed by atoms with Gasteiger partial charge in [0.05, 0.1) is 11.9 Å². The Balaban J connectivity index is 2.36. The summed E-state index contributed by atoms with van der Waals surface area (Å²) in [6.45, 7) is 2.04. The summed E-state index contributed by atoms with van der Waals surface area (Å²) in [6, 6.07) is 3.59. The number of pyridine rings is 1. The predicted octanol–water partition coefficient (Wildman–Crippen LogP) is 0.704. The van der Waals surface area contributed by atoms with Crippen LogP contribution in [0.5, 0.6) is 0 Å². The monoisotopic (exact) mass is 272 g/mol. The molecule has 0 aromatic carbocycles. The summed E-state index contributed by atoms with van der Waals surface area (Å²) in [5.41, 5.74) is 0.935. The van der Waals surface area contributed by atoms with Crippen LogP contribution in [0.15, 0.2) is 24.5 Å². The highest BCUT2D eigenvalue weighted by atomic mass is 32.2. The fourth-order valence-electron chi connectivity index (χ4n) is 1.53. The highest BCUT2D eigenvalue weighted by molar-refractivity contribution is 7.89. The SMILES string of the molecule is CCCC(O)CNS(=O)(=O)CCc1ccncc1. The molecular formula is C12H20N2O3S. The molecule has 1 heterocycles. The lowest BCUT2D eigenvalue weighted by Gasteiger charge is -2.11. The minimum Gasteiger partial charge on any atom is -0.392 e. The molecule has 5 nitrogen and oxygen atoms in total. The lowest BCUT2D eigenvalue weighted by Crippen LogP contribution is -2.34. The summed E-state index contributed by atoms with van der Waals surface area (Å²) in [7, 11) is -3.32. The molecule has 0 radical (unpaired) electrons. The third-order valence-electron chi connectivity index (χ3n) is 2.57. The summed E-state index contributed by atoms with van der Waals surface area (Å²) < 4.78 is 25.8. The van der Waals surface area contributed by atoms with Crippen molar-refractivity contribution in [2.75, 3.05) is 12.3 Å². The van der Waals surface area contributed by atoms with Gasteiger partial charge in [0.25, 0.3) is 0 Å². The molecule has 0 saturated carbocycles. The first kappa shape index (κ1) is 15.1. The van der Waals surface area contributed by atoms with E-state index in [-0.39, 0.29) is 12.3 Å². The molecule has 102 valence electrons. The number of rotatable bonds is 8. The van der Waals surface area contributed by atoms with E-state index >= 15 is 0 Å². The standard InChI is InChI=1S/C12H20N2O3S/c1-2-3-12(15)10-14-18(16,17)9-6-11-4-7-13-8-5-11/h4-5,7-8,12,14-15H,2-3,6,9-10H2,1H3. The number of aliphatic hydroxyl groups excluding tert-OH is 1. The molecule has 1 atom stereocenters. The molecule has 1 unspecified atom stereocenters. The van der Waals surface area contributed by atoms with Gasteiger partial charge in [-0.2, -0.15) is 0 Å². The Morgan fingerprint density at radius 1 is 1.39 bits per heavy atom. The van der Waals surface area contributed by atoms with Crippen molar-refractivity contribution >= 4 is 10.0 Å². The molecular weight excluding hydrogens is 252 g/mol. The first-order chi connectivity index (χ1) is 8.53. The molecule has 0 aliphatic rings. The molecule has 0 saturated heterocycles. The van der Waals surface area contributed by atoms with E-state index < -0.39 is 16.1 Å². The molecule has 0 amide bonds. The van der Waals surface area contributed by atoms with Crippen molar-refractivity contribution in [3.8, 4) is 0 Å². The third-order valence-corrected chi connectivity index (χ3v) is 3.92. The Hall–Kier alpha value is -0.980. The van der Waals surface area contributed by atoms with Crippen LogP contribution >= 0.6 is 0 Å². The molecule has 0 aliphatic carbocycles. The van der Waals surface area contributed by atoms with Crippen LogP contribution in [0.2, 0.25) is 0 Å². The van der Waals surface area contributed by atoms with Crippen LogP contribution in [-0.4, -0.2) is 36.9 Å². The van der Waals surface area contributed by atoms with E-state index in [1.165, 1.54) is 0 Å². The van der Waals surface area contributed by atoms with Gasteiger partial charge in [-0.25, -0.2) is 13.1 Å². The fourth-order valence-corrected chi connectivity index (χ4v) is 2.63. The summed E-state index contributed by atoms with van der Waals surface area (Å²) in [6.07, 6.45) is 4.56. The quantitative estimate of drug-likeness (QED) is 0.730. The third kappa shape index (κ3) is 6.09. The normalized spacial score (nSPS) is 13.4. The van der Waals surface area contributed by atoms with Crippen LogP contribution in [0.3, 0.4) is 0 Å². The zero-order valence-corrected chi connectivity index (χ0v) is 11.4. The van der Waals surface area contributed by atoms with Gasteiger partial charge in [0.15, 0.2) is 0 Å². The minimum atomic E-state index is -3.32. The Kier molecular flexibility index (Phi) is 6.24. The number of sulfonamides is 1. The van der Waals surface area contributed by atoms with E-state index in [9.17, 15) is 13.5 Å². The van der Waals surface area contributed by atoms with Crippen molar-refractivity contribution in [3.63, 3.8) is 0 Å². The zero-order chi connectivity index (χ0) is 13.4. The molecule has 1 aromatic rings. The van der Waals surface area contributed by atoms with Crippen LogP contribution in [0.1, 0.15) is 25.3 Å². The molecule has 18 heavy (non-hydrogen) atoms. The number of nitrogens with one attached hydrogen (secondary N) is 1. The van der Waals surface area contributed by atoms with Crippen molar-refractivity contribution in [1.82, 2.24) is 9.71 Å². The maximum Gasteiger partial charge on any atom is 0.212 e. The van der Waals surface area contributed by atoms with Gasteiger partial charge in [-0.1, -0.05) is 13.3 Å². The number of hydrogen-bond donors (Lipinski definition) is 2. The second kappa shape index (κ2) is 7.45. The van der Waals surface area contributed by atoms with E-state index in [0.29, 0.717) is 12.8 Å². The number of aromatic nitrogens is 1. The van der Waals surface area contributed by atoms with Gasteiger partial charge < -0.3 is 5.11 Å². The van der Waals surface area contributed by atoms with Crippen molar-refractivity contribution in [3.05, 3.63) is 30.1 Å². The Morgan fingerprint density at radius 3 is 2.67 bits per heavy atom. The van der Waals surface area contributed by atoms with Crippen molar-refractivity contribution in [2.45, 2.75) is 32.3 Å². The lowest BCUT2D eigenvalue weighted by atomic mass is 10.2. The van der Waals surface area contributed by atoms with Gasteiger partial charge in [-0.3, -0.25) is 4.98 Å². The first-order valence-electron chi connectivity index (χ1n) is 6.08. The summed E-state index contributed by atoms with van der Waals surface area (Å²) >= 11 is 0. The smallest absolute Gasteiger partial charge is 0.212 e. The molecule has 0 spiro atoms. The molecule has 2 N–H and O–H groups in total. The fraction of sp³-hybridized carbons (Fsp3) is 0.583. The molecule has 1 aromatic heterocycles. The van der Waals surface area contributed by atoms with Gasteiger partial charge in [0, 0.05) is 18.9 Å². The van der Waals surface area contributed by atoms with Gasteiger partial charge in [-0.15, -0.1) is 0 Å². The highest BCUT2D eigenvalue weighted by Crippen LogP contribution is 2.01. The molecule has 6 heteroatoms. The number of aryl methyl sites for hydroxylation is 1. The predicted molar refractivity (Wildman–Crippen MR) is 70.6 cm³/mol. The average Bonchev–Trinajstić information content (AvgIpc) is 2.36. The Bertz CT molecular complexity index is 434. The second-order valence-electron chi connectivity index (χ2n) is 4.22. The van der Waals surface area contributed by atoms with Crippen LogP contribution in [0.4, 0.5) is 0 Å².